The Labute approximate surface area is 143 Å². The average molecular weight is 341 g/mol. The molecule has 3 rings (SSSR count). The van der Waals surface area contributed by atoms with Crippen molar-refractivity contribution in [1.29, 1.82) is 0 Å². The zero-order chi connectivity index (χ0) is 18.0. The number of nitrogens with zero attached hydrogens (tertiary/aromatic N) is 2. The molecule has 1 aromatic carbocycles. The number of fused-ring (bicyclic) bond motifs is 1. The Morgan fingerprint density at radius 3 is 2.64 bits per heavy atom. The first-order chi connectivity index (χ1) is 12.0. The van der Waals surface area contributed by atoms with Crippen LogP contribution < -0.4 is 10.9 Å². The number of rotatable bonds is 5. The summed E-state index contributed by atoms with van der Waals surface area (Å²) < 4.78 is 6.75. The number of carbonyl (C=O) groups excluding carboxylic acids is 1. The summed E-state index contributed by atoms with van der Waals surface area (Å²) in [7, 11) is 1.58. The molecule has 0 unspecified atom stereocenters. The number of benzene rings is 1. The predicted molar refractivity (Wildman–Crippen MR) is 92.4 cm³/mol. The Kier molecular flexibility index (Phi) is 4.67. The molecule has 2 heterocycles. The Bertz CT molecular complexity index is 970. The molecule has 0 saturated heterocycles. The van der Waals surface area contributed by atoms with Crippen LogP contribution in [0.15, 0.2) is 39.8 Å². The van der Waals surface area contributed by atoms with Crippen molar-refractivity contribution >= 4 is 17.0 Å². The van der Waals surface area contributed by atoms with Gasteiger partial charge in [0.15, 0.2) is 0 Å². The van der Waals surface area contributed by atoms with E-state index in [2.05, 4.69) is 10.3 Å². The highest BCUT2D eigenvalue weighted by Crippen LogP contribution is 2.20. The smallest absolute Gasteiger partial charge is 0.265 e. The van der Waals surface area contributed by atoms with Crippen LogP contribution in [0.1, 0.15) is 27.2 Å². The highest BCUT2D eigenvalue weighted by Gasteiger charge is 2.22. The fraction of sp³-hybridized carbons (Fsp3) is 0.278. The second kappa shape index (κ2) is 6.90. The predicted octanol–water partition coefficient (Wildman–Crippen LogP) is 1.30. The number of aryl methyl sites for hydroxylation is 2. The van der Waals surface area contributed by atoms with Crippen molar-refractivity contribution < 1.29 is 14.3 Å². The van der Waals surface area contributed by atoms with E-state index in [1.54, 1.807) is 14.0 Å². The van der Waals surface area contributed by atoms with Gasteiger partial charge in [-0.15, -0.1) is 0 Å². The monoisotopic (exact) mass is 341 g/mol. The lowest BCUT2D eigenvalue weighted by Crippen LogP contribution is -2.28. The number of amides is 1. The summed E-state index contributed by atoms with van der Waals surface area (Å²) in [4.78, 5) is 28.8. The van der Waals surface area contributed by atoms with Gasteiger partial charge in [0.1, 0.15) is 17.5 Å². The van der Waals surface area contributed by atoms with E-state index >= 15 is 0 Å². The molecule has 0 saturated carbocycles. The number of hydrogen-bond acceptors (Lipinski definition) is 5. The van der Waals surface area contributed by atoms with Crippen LogP contribution in [0.5, 0.6) is 0 Å². The lowest BCUT2D eigenvalue weighted by atomic mass is 10.1. The number of aliphatic hydroxyl groups excluding tert-OH is 1. The number of aliphatic hydroxyl groups is 1. The van der Waals surface area contributed by atoms with Gasteiger partial charge in [0.2, 0.25) is 5.71 Å². The molecule has 130 valence electrons. The summed E-state index contributed by atoms with van der Waals surface area (Å²) in [5.41, 5.74) is 1.98. The van der Waals surface area contributed by atoms with Crippen molar-refractivity contribution in [2.24, 2.45) is 7.05 Å². The molecule has 2 N–H and O–H groups in total. The number of hydrogen-bond donors (Lipinski definition) is 2. The number of aromatic nitrogens is 2. The van der Waals surface area contributed by atoms with E-state index in [0.29, 0.717) is 18.7 Å². The Morgan fingerprint density at radius 2 is 1.96 bits per heavy atom. The van der Waals surface area contributed by atoms with Gasteiger partial charge in [-0.1, -0.05) is 24.3 Å². The minimum Gasteiger partial charge on any atom is -0.442 e. The molecule has 0 fully saturated rings. The summed E-state index contributed by atoms with van der Waals surface area (Å²) in [5.74, 6) is 0.0175. The Balaban J connectivity index is 1.75. The van der Waals surface area contributed by atoms with Crippen LogP contribution in [0.4, 0.5) is 0 Å². The van der Waals surface area contributed by atoms with E-state index in [-0.39, 0.29) is 34.7 Å². The van der Waals surface area contributed by atoms with Gasteiger partial charge in [-0.2, -0.15) is 0 Å². The first kappa shape index (κ1) is 16.9. The number of nitrogens with one attached hydrogen (secondary N) is 1. The molecule has 0 aliphatic carbocycles. The third-order valence-corrected chi connectivity index (χ3v) is 4.08. The summed E-state index contributed by atoms with van der Waals surface area (Å²) in [5, 5.41) is 12.1. The molecule has 0 aliphatic heterocycles. The first-order valence-corrected chi connectivity index (χ1v) is 7.93. The van der Waals surface area contributed by atoms with Crippen molar-refractivity contribution in [1.82, 2.24) is 14.9 Å². The third kappa shape index (κ3) is 3.32. The maximum Gasteiger partial charge on any atom is 0.265 e. The van der Waals surface area contributed by atoms with Crippen LogP contribution in [-0.4, -0.2) is 27.1 Å². The zero-order valence-corrected chi connectivity index (χ0v) is 14.1. The molecule has 3 aromatic rings. The van der Waals surface area contributed by atoms with Crippen LogP contribution in [0.3, 0.4) is 0 Å². The van der Waals surface area contributed by atoms with Crippen molar-refractivity contribution in [3.8, 4) is 0 Å². The summed E-state index contributed by atoms with van der Waals surface area (Å²) >= 11 is 0. The van der Waals surface area contributed by atoms with Gasteiger partial charge >= 0.3 is 0 Å². The van der Waals surface area contributed by atoms with Gasteiger partial charge in [-0.25, -0.2) is 4.98 Å². The SMILES string of the molecule is Cc1oc2ncn(C)c(=O)c2c1C(=O)NCCc1ccc(CO)cc1. The molecular weight excluding hydrogens is 322 g/mol. The topological polar surface area (TPSA) is 97.4 Å². The summed E-state index contributed by atoms with van der Waals surface area (Å²) in [6.45, 7) is 2.07. The number of furan rings is 1. The lowest BCUT2D eigenvalue weighted by Gasteiger charge is -2.06. The molecule has 2 aromatic heterocycles. The standard InChI is InChI=1S/C18H19N3O4/c1-11-14(15-17(25-11)20-10-21(2)18(15)24)16(23)19-8-7-12-3-5-13(9-22)6-4-12/h3-6,10,22H,7-9H2,1-2H3,(H,19,23). The summed E-state index contributed by atoms with van der Waals surface area (Å²) in [6, 6.07) is 7.52. The highest BCUT2D eigenvalue weighted by molar-refractivity contribution is 6.06. The second-order valence-corrected chi connectivity index (χ2v) is 5.85. The van der Waals surface area contributed by atoms with Crippen LogP contribution in [0, 0.1) is 6.92 Å². The lowest BCUT2D eigenvalue weighted by molar-refractivity contribution is 0.0954. The van der Waals surface area contributed by atoms with Crippen molar-refractivity contribution in [3.63, 3.8) is 0 Å². The molecule has 7 nitrogen and oxygen atoms in total. The minimum atomic E-state index is -0.353. The van der Waals surface area contributed by atoms with Gasteiger partial charge < -0.3 is 19.4 Å². The van der Waals surface area contributed by atoms with Crippen LogP contribution in [-0.2, 0) is 20.1 Å². The molecule has 7 heteroatoms. The first-order valence-electron chi connectivity index (χ1n) is 7.93. The van der Waals surface area contributed by atoms with Gasteiger partial charge in [0.25, 0.3) is 11.5 Å². The van der Waals surface area contributed by atoms with Crippen molar-refractivity contribution in [3.05, 3.63) is 63.4 Å². The van der Waals surface area contributed by atoms with Crippen LogP contribution in [0.25, 0.3) is 11.1 Å². The molecule has 0 atom stereocenters. The van der Waals surface area contributed by atoms with E-state index in [9.17, 15) is 9.59 Å². The number of carbonyl (C=O) groups is 1. The Hall–Kier alpha value is -2.93. The maximum atomic E-state index is 12.5. The van der Waals surface area contributed by atoms with Crippen LogP contribution in [0.2, 0.25) is 0 Å². The summed E-state index contributed by atoms with van der Waals surface area (Å²) in [6.07, 6.45) is 2.01. The quantitative estimate of drug-likeness (QED) is 0.729. The van der Waals surface area contributed by atoms with Gasteiger partial charge in [-0.3, -0.25) is 9.59 Å². The molecule has 25 heavy (non-hydrogen) atoms. The molecule has 0 spiro atoms. The van der Waals surface area contributed by atoms with Crippen LogP contribution >= 0.6 is 0 Å². The van der Waals surface area contributed by atoms with E-state index in [1.165, 1.54) is 10.9 Å². The van der Waals surface area contributed by atoms with Crippen molar-refractivity contribution in [2.75, 3.05) is 6.54 Å². The maximum absolute atomic E-state index is 12.5. The van der Waals surface area contributed by atoms with E-state index in [1.807, 2.05) is 24.3 Å². The normalized spacial score (nSPS) is 11.0. The van der Waals surface area contributed by atoms with E-state index in [0.717, 1.165) is 11.1 Å². The van der Waals surface area contributed by atoms with E-state index in [4.69, 9.17) is 9.52 Å². The fourth-order valence-corrected chi connectivity index (χ4v) is 2.68. The Morgan fingerprint density at radius 1 is 1.28 bits per heavy atom. The minimum absolute atomic E-state index is 0.00679. The van der Waals surface area contributed by atoms with Gasteiger partial charge in [0.05, 0.1) is 12.2 Å². The molecule has 1 amide bonds. The molecule has 0 aliphatic rings. The van der Waals surface area contributed by atoms with Gasteiger partial charge in [0, 0.05) is 13.6 Å². The molecule has 0 bridgehead atoms. The highest BCUT2D eigenvalue weighted by atomic mass is 16.3. The zero-order valence-electron chi connectivity index (χ0n) is 14.1. The van der Waals surface area contributed by atoms with Crippen molar-refractivity contribution in [2.45, 2.75) is 20.0 Å². The third-order valence-electron chi connectivity index (χ3n) is 4.08. The largest absolute Gasteiger partial charge is 0.442 e. The van der Waals surface area contributed by atoms with Gasteiger partial charge in [-0.05, 0) is 24.5 Å². The molecule has 0 radical (unpaired) electrons. The van der Waals surface area contributed by atoms with E-state index < -0.39 is 0 Å². The average Bonchev–Trinajstić information content (AvgIpc) is 2.95. The fourth-order valence-electron chi connectivity index (χ4n) is 2.68. The molecular formula is C18H19N3O4. The second-order valence-electron chi connectivity index (χ2n) is 5.85.